The van der Waals surface area contributed by atoms with Crippen LogP contribution in [-0.2, 0) is 4.79 Å². The first-order chi connectivity index (χ1) is 13.4. The molecule has 1 amide bonds. The quantitative estimate of drug-likeness (QED) is 0.557. The van der Waals surface area contributed by atoms with Crippen LogP contribution in [0.5, 0.6) is 5.75 Å². The van der Waals surface area contributed by atoms with Crippen molar-refractivity contribution in [3.63, 3.8) is 0 Å². The minimum atomic E-state index is -0.0113. The summed E-state index contributed by atoms with van der Waals surface area (Å²) in [6.07, 6.45) is 1.87. The number of nitrogens with zero attached hydrogens (tertiary/aromatic N) is 2. The van der Waals surface area contributed by atoms with Gasteiger partial charge in [0, 0.05) is 31.6 Å². The Bertz CT molecular complexity index is 652. The largest absolute Gasteiger partial charge is 0.489 e. The van der Waals surface area contributed by atoms with Gasteiger partial charge in [-0.15, -0.1) is 0 Å². The fourth-order valence-corrected chi connectivity index (χ4v) is 3.30. The van der Waals surface area contributed by atoms with Crippen LogP contribution in [0.2, 0.25) is 0 Å². The second-order valence-electron chi connectivity index (χ2n) is 7.86. The van der Waals surface area contributed by atoms with E-state index in [1.807, 2.05) is 43.9 Å². The average molecular weight is 389 g/mol. The molecular weight excluding hydrogens is 352 g/mol. The Kier molecular flexibility index (Phi) is 8.61. The van der Waals surface area contributed by atoms with Gasteiger partial charge in [0.1, 0.15) is 11.9 Å². The van der Waals surface area contributed by atoms with Gasteiger partial charge in [0.2, 0.25) is 5.91 Å². The summed E-state index contributed by atoms with van der Waals surface area (Å²) < 4.78 is 5.97. The molecule has 0 spiro atoms. The fraction of sp³-hybridized carbons (Fsp3) is 0.636. The number of benzene rings is 1. The van der Waals surface area contributed by atoms with Crippen LogP contribution in [-0.4, -0.2) is 55.1 Å². The van der Waals surface area contributed by atoms with Crippen molar-refractivity contribution in [1.82, 2.24) is 15.5 Å². The summed E-state index contributed by atoms with van der Waals surface area (Å²) >= 11 is 0. The van der Waals surface area contributed by atoms with Crippen LogP contribution in [0.1, 0.15) is 46.1 Å². The first kappa shape index (κ1) is 22.1. The molecule has 1 heterocycles. The molecule has 28 heavy (non-hydrogen) atoms. The molecule has 6 heteroatoms. The van der Waals surface area contributed by atoms with E-state index in [-0.39, 0.29) is 17.9 Å². The molecule has 1 aromatic rings. The van der Waals surface area contributed by atoms with Gasteiger partial charge in [-0.1, -0.05) is 26.0 Å². The molecule has 2 N–H and O–H groups in total. The summed E-state index contributed by atoms with van der Waals surface area (Å²) in [6.45, 7) is 13.1. The second kappa shape index (κ2) is 10.9. The van der Waals surface area contributed by atoms with Gasteiger partial charge in [-0.2, -0.15) is 0 Å². The number of amides is 1. The van der Waals surface area contributed by atoms with Gasteiger partial charge in [-0.05, 0) is 51.3 Å². The highest BCUT2D eigenvalue weighted by Crippen LogP contribution is 2.15. The van der Waals surface area contributed by atoms with E-state index in [4.69, 9.17) is 9.73 Å². The van der Waals surface area contributed by atoms with Crippen molar-refractivity contribution in [2.75, 3.05) is 26.2 Å². The van der Waals surface area contributed by atoms with Gasteiger partial charge in [-0.25, -0.2) is 4.99 Å². The Hall–Kier alpha value is -2.24. The topological polar surface area (TPSA) is 66.0 Å². The number of likely N-dealkylation sites (tertiary alicyclic amines) is 1. The number of guanidine groups is 1. The third kappa shape index (κ3) is 7.06. The lowest BCUT2D eigenvalue weighted by molar-refractivity contribution is -0.135. The molecule has 0 bridgehead atoms. The van der Waals surface area contributed by atoms with Crippen molar-refractivity contribution < 1.29 is 9.53 Å². The molecule has 0 saturated carbocycles. The molecule has 0 aromatic heterocycles. The summed E-state index contributed by atoms with van der Waals surface area (Å²) in [5.74, 6) is 2.01. The standard InChI is InChI=1S/C22H36N4O2/c1-6-23-22(24-15-18(5)28-20-9-7-8-17(4)14-20)25-19-10-12-26(13-11-19)21(27)16(2)3/h7-9,14,16,18-19H,6,10-13,15H2,1-5H3,(H2,23,24,25). The molecular formula is C22H36N4O2. The van der Waals surface area contributed by atoms with Crippen LogP contribution in [0.3, 0.4) is 0 Å². The van der Waals surface area contributed by atoms with E-state index in [9.17, 15) is 4.79 Å². The number of aryl methyl sites for hydroxylation is 1. The van der Waals surface area contributed by atoms with Crippen molar-refractivity contribution in [3.05, 3.63) is 29.8 Å². The highest BCUT2D eigenvalue weighted by Gasteiger charge is 2.24. The average Bonchev–Trinajstić information content (AvgIpc) is 2.66. The van der Waals surface area contributed by atoms with Crippen molar-refractivity contribution in [1.29, 1.82) is 0 Å². The summed E-state index contributed by atoms with van der Waals surface area (Å²) in [6, 6.07) is 8.41. The van der Waals surface area contributed by atoms with Crippen LogP contribution < -0.4 is 15.4 Å². The summed E-state index contributed by atoms with van der Waals surface area (Å²) in [5, 5.41) is 6.83. The molecule has 6 nitrogen and oxygen atoms in total. The zero-order valence-electron chi connectivity index (χ0n) is 18.0. The minimum absolute atomic E-state index is 0.0113. The predicted molar refractivity (Wildman–Crippen MR) is 115 cm³/mol. The molecule has 1 unspecified atom stereocenters. The Morgan fingerprint density at radius 1 is 1.29 bits per heavy atom. The molecule has 1 aromatic carbocycles. The van der Waals surface area contributed by atoms with Crippen molar-refractivity contribution in [2.45, 2.75) is 59.6 Å². The molecule has 1 aliphatic heterocycles. The Morgan fingerprint density at radius 2 is 2.00 bits per heavy atom. The van der Waals surface area contributed by atoms with Crippen LogP contribution in [0.15, 0.2) is 29.3 Å². The highest BCUT2D eigenvalue weighted by atomic mass is 16.5. The lowest BCUT2D eigenvalue weighted by atomic mass is 10.0. The summed E-state index contributed by atoms with van der Waals surface area (Å²) in [4.78, 5) is 18.8. The third-order valence-electron chi connectivity index (χ3n) is 4.82. The zero-order chi connectivity index (χ0) is 20.5. The first-order valence-corrected chi connectivity index (χ1v) is 10.5. The number of rotatable bonds is 7. The van der Waals surface area contributed by atoms with Crippen LogP contribution in [0.25, 0.3) is 0 Å². The smallest absolute Gasteiger partial charge is 0.225 e. The second-order valence-corrected chi connectivity index (χ2v) is 7.86. The van der Waals surface area contributed by atoms with E-state index in [2.05, 4.69) is 30.5 Å². The monoisotopic (exact) mass is 388 g/mol. The normalized spacial score (nSPS) is 16.8. The predicted octanol–water partition coefficient (Wildman–Crippen LogP) is 2.96. The number of ether oxygens (including phenoxy) is 1. The van der Waals surface area contributed by atoms with E-state index in [0.717, 1.165) is 44.2 Å². The maximum atomic E-state index is 12.1. The molecule has 1 fully saturated rings. The zero-order valence-corrected chi connectivity index (χ0v) is 18.0. The lowest BCUT2D eigenvalue weighted by Crippen LogP contribution is -2.50. The Morgan fingerprint density at radius 3 is 2.61 bits per heavy atom. The Balaban J connectivity index is 1.84. The molecule has 1 aliphatic rings. The molecule has 1 atom stereocenters. The molecule has 2 rings (SSSR count). The van der Waals surface area contributed by atoms with Gasteiger partial charge in [0.05, 0.1) is 6.54 Å². The third-order valence-corrected chi connectivity index (χ3v) is 4.82. The molecule has 156 valence electrons. The van der Waals surface area contributed by atoms with Crippen LogP contribution in [0.4, 0.5) is 0 Å². The number of hydrogen-bond donors (Lipinski definition) is 2. The lowest BCUT2D eigenvalue weighted by Gasteiger charge is -2.34. The fourth-order valence-electron chi connectivity index (χ4n) is 3.30. The number of carbonyl (C=O) groups excluding carboxylic acids is 1. The number of hydrogen-bond acceptors (Lipinski definition) is 3. The van der Waals surface area contributed by atoms with Crippen molar-refractivity contribution in [3.8, 4) is 5.75 Å². The number of aliphatic imine (C=N–C) groups is 1. The van der Waals surface area contributed by atoms with Gasteiger partial charge in [-0.3, -0.25) is 4.79 Å². The van der Waals surface area contributed by atoms with Crippen molar-refractivity contribution >= 4 is 11.9 Å². The SMILES string of the molecule is CCNC(=NCC(C)Oc1cccc(C)c1)NC1CCN(C(=O)C(C)C)CC1. The van der Waals surface area contributed by atoms with Gasteiger partial charge in [0.25, 0.3) is 0 Å². The van der Waals surface area contributed by atoms with Crippen LogP contribution in [0, 0.1) is 12.8 Å². The van der Waals surface area contributed by atoms with Gasteiger partial charge >= 0.3 is 0 Å². The van der Waals surface area contributed by atoms with Gasteiger partial charge in [0.15, 0.2) is 5.96 Å². The van der Waals surface area contributed by atoms with E-state index in [0.29, 0.717) is 12.6 Å². The highest BCUT2D eigenvalue weighted by molar-refractivity contribution is 5.80. The van der Waals surface area contributed by atoms with E-state index >= 15 is 0 Å². The van der Waals surface area contributed by atoms with E-state index in [1.165, 1.54) is 5.56 Å². The Labute approximate surface area is 169 Å². The maximum Gasteiger partial charge on any atom is 0.225 e. The maximum absolute atomic E-state index is 12.1. The van der Waals surface area contributed by atoms with Crippen molar-refractivity contribution in [2.24, 2.45) is 10.9 Å². The summed E-state index contributed by atoms with van der Waals surface area (Å²) in [5.41, 5.74) is 1.19. The number of nitrogens with one attached hydrogen (secondary N) is 2. The molecule has 1 saturated heterocycles. The van der Waals surface area contributed by atoms with Crippen LogP contribution >= 0.6 is 0 Å². The molecule has 0 radical (unpaired) electrons. The minimum Gasteiger partial charge on any atom is -0.489 e. The number of piperidine rings is 1. The molecule has 0 aliphatic carbocycles. The number of carbonyl (C=O) groups is 1. The van der Waals surface area contributed by atoms with E-state index in [1.54, 1.807) is 0 Å². The summed E-state index contributed by atoms with van der Waals surface area (Å²) in [7, 11) is 0. The van der Waals surface area contributed by atoms with Gasteiger partial charge < -0.3 is 20.3 Å². The van der Waals surface area contributed by atoms with E-state index < -0.39 is 0 Å². The first-order valence-electron chi connectivity index (χ1n) is 10.5.